The average molecular weight is 525 g/mol. The summed E-state index contributed by atoms with van der Waals surface area (Å²) in [5.41, 5.74) is 4.97. The largest absolute Gasteiger partial charge is 0.416 e. The molecule has 3 N–H and O–H groups in total. The number of anilines is 3. The molecule has 1 heterocycles. The lowest BCUT2D eigenvalue weighted by Gasteiger charge is -2.26. The molecule has 0 saturated carbocycles. The number of alkyl halides is 3. The molecule has 7 nitrogen and oxygen atoms in total. The number of nitrogens with one attached hydrogen (secondary N) is 1. The van der Waals surface area contributed by atoms with Crippen molar-refractivity contribution in [1.82, 2.24) is 14.9 Å². The molecule has 1 amide bonds. The number of hydrogen-bond donors (Lipinski definition) is 2. The number of halogens is 5. The van der Waals surface area contributed by atoms with Gasteiger partial charge in [-0.1, -0.05) is 17.7 Å². The Morgan fingerprint density at radius 2 is 1.72 bits per heavy atom. The Labute approximate surface area is 210 Å². The maximum atomic E-state index is 14.6. The molecule has 0 bridgehead atoms. The van der Waals surface area contributed by atoms with Gasteiger partial charge in [-0.25, -0.2) is 14.4 Å². The Balaban J connectivity index is 1.98. The number of nitrogens with two attached hydrogens (primary N) is 1. The van der Waals surface area contributed by atoms with Crippen LogP contribution in [0.25, 0.3) is 11.1 Å². The lowest BCUT2D eigenvalue weighted by molar-refractivity contribution is -0.137. The van der Waals surface area contributed by atoms with E-state index in [1.807, 2.05) is 19.0 Å². The molecule has 0 saturated heterocycles. The Morgan fingerprint density at radius 1 is 1.06 bits per heavy atom. The SMILES string of the molecule is CN(C)CCCN(C)c1c(Cl)cc(C(F)(F)F)cc1NC(=O)c1cc(-c2cnc(N)nc2)ccc1F. The van der Waals surface area contributed by atoms with Crippen LogP contribution in [0.15, 0.2) is 42.7 Å². The molecule has 12 heteroatoms. The number of carbonyl (C=O) groups excluding carboxylic acids is 1. The highest BCUT2D eigenvalue weighted by Gasteiger charge is 2.33. The molecule has 0 aliphatic heterocycles. The van der Waals surface area contributed by atoms with Crippen molar-refractivity contribution in [3.63, 3.8) is 0 Å². The Hall–Kier alpha value is -3.44. The van der Waals surface area contributed by atoms with E-state index in [4.69, 9.17) is 17.3 Å². The fourth-order valence-corrected chi connectivity index (χ4v) is 3.90. The minimum Gasteiger partial charge on any atom is -0.372 e. The summed E-state index contributed by atoms with van der Waals surface area (Å²) < 4.78 is 55.1. The van der Waals surface area contributed by atoms with Gasteiger partial charge >= 0.3 is 6.18 Å². The second kappa shape index (κ2) is 11.1. The van der Waals surface area contributed by atoms with Gasteiger partial charge in [0, 0.05) is 31.5 Å². The molecular weight excluding hydrogens is 500 g/mol. The monoisotopic (exact) mass is 524 g/mol. The van der Waals surface area contributed by atoms with E-state index >= 15 is 0 Å². The fourth-order valence-electron chi connectivity index (χ4n) is 3.54. The van der Waals surface area contributed by atoms with Crippen LogP contribution in [-0.2, 0) is 6.18 Å². The summed E-state index contributed by atoms with van der Waals surface area (Å²) in [4.78, 5) is 24.4. The number of benzene rings is 2. The second-order valence-corrected chi connectivity index (χ2v) is 8.82. The van der Waals surface area contributed by atoms with Gasteiger partial charge in [0.15, 0.2) is 0 Å². The first kappa shape index (κ1) is 27.2. The van der Waals surface area contributed by atoms with Gasteiger partial charge in [0.25, 0.3) is 5.91 Å². The van der Waals surface area contributed by atoms with Crippen molar-refractivity contribution in [2.75, 3.05) is 50.2 Å². The molecule has 0 unspecified atom stereocenters. The summed E-state index contributed by atoms with van der Waals surface area (Å²) in [6.07, 6.45) is -1.20. The van der Waals surface area contributed by atoms with Crippen LogP contribution in [0.1, 0.15) is 22.3 Å². The first-order chi connectivity index (χ1) is 16.9. The predicted molar refractivity (Wildman–Crippen MR) is 133 cm³/mol. The number of carbonyl (C=O) groups is 1. The zero-order valence-corrected chi connectivity index (χ0v) is 20.6. The third-order valence-electron chi connectivity index (χ3n) is 5.34. The van der Waals surface area contributed by atoms with E-state index in [1.54, 1.807) is 11.9 Å². The van der Waals surface area contributed by atoms with Crippen molar-refractivity contribution in [2.24, 2.45) is 0 Å². The molecule has 3 aromatic rings. The summed E-state index contributed by atoms with van der Waals surface area (Å²) in [6.45, 7) is 1.18. The summed E-state index contributed by atoms with van der Waals surface area (Å²) in [5, 5.41) is 2.23. The zero-order valence-electron chi connectivity index (χ0n) is 19.8. The average Bonchev–Trinajstić information content (AvgIpc) is 2.78. The highest BCUT2D eigenvalue weighted by Crippen LogP contribution is 2.40. The molecule has 1 aromatic heterocycles. The van der Waals surface area contributed by atoms with Crippen molar-refractivity contribution in [3.8, 4) is 11.1 Å². The third kappa shape index (κ3) is 6.61. The van der Waals surface area contributed by atoms with Crippen LogP contribution >= 0.6 is 11.6 Å². The van der Waals surface area contributed by atoms with Gasteiger partial charge in [0.05, 0.1) is 27.5 Å². The standard InChI is InChI=1S/C24H25ClF4N6O/c1-34(2)7-4-8-35(3)21-18(25)10-16(24(27,28)29)11-20(21)33-22(36)17-9-14(5-6-19(17)26)15-12-31-23(30)32-13-15/h5-6,9-13H,4,7-8H2,1-3H3,(H,33,36)(H2,30,31,32). The molecule has 0 fully saturated rings. The number of nitrogen functional groups attached to an aromatic ring is 1. The molecule has 0 aliphatic carbocycles. The number of nitrogens with zero attached hydrogens (tertiary/aromatic N) is 4. The topological polar surface area (TPSA) is 87.4 Å². The van der Waals surface area contributed by atoms with Crippen molar-refractivity contribution >= 4 is 34.8 Å². The Morgan fingerprint density at radius 3 is 2.33 bits per heavy atom. The van der Waals surface area contributed by atoms with Gasteiger partial charge in [-0.15, -0.1) is 0 Å². The van der Waals surface area contributed by atoms with Crippen molar-refractivity contribution in [2.45, 2.75) is 12.6 Å². The third-order valence-corrected chi connectivity index (χ3v) is 5.62. The quantitative estimate of drug-likeness (QED) is 0.395. The molecule has 0 aliphatic rings. The lowest BCUT2D eigenvalue weighted by atomic mass is 10.0. The van der Waals surface area contributed by atoms with Gasteiger partial charge in [0.1, 0.15) is 5.82 Å². The summed E-state index contributed by atoms with van der Waals surface area (Å²) in [7, 11) is 5.45. The van der Waals surface area contributed by atoms with Crippen LogP contribution in [0.4, 0.5) is 34.9 Å². The second-order valence-electron chi connectivity index (χ2n) is 8.41. The van der Waals surface area contributed by atoms with Crippen LogP contribution < -0.4 is 16.0 Å². The predicted octanol–water partition coefficient (Wildman–Crippen LogP) is 5.18. The zero-order chi connectivity index (χ0) is 26.6. The molecule has 0 spiro atoms. The normalized spacial score (nSPS) is 11.6. The molecule has 0 atom stereocenters. The summed E-state index contributed by atoms with van der Waals surface area (Å²) in [6, 6.07) is 5.35. The van der Waals surface area contributed by atoms with Crippen LogP contribution in [0, 0.1) is 5.82 Å². The summed E-state index contributed by atoms with van der Waals surface area (Å²) >= 11 is 6.25. The number of aromatic nitrogens is 2. The van der Waals surface area contributed by atoms with Gasteiger partial charge in [-0.3, -0.25) is 4.79 Å². The van der Waals surface area contributed by atoms with Crippen LogP contribution in [0.2, 0.25) is 5.02 Å². The highest BCUT2D eigenvalue weighted by molar-refractivity contribution is 6.34. The Bertz CT molecular complexity index is 1230. The van der Waals surface area contributed by atoms with E-state index in [2.05, 4.69) is 15.3 Å². The van der Waals surface area contributed by atoms with Gasteiger partial charge in [-0.2, -0.15) is 13.2 Å². The number of amides is 1. The molecule has 192 valence electrons. The number of hydrogen-bond acceptors (Lipinski definition) is 6. The van der Waals surface area contributed by atoms with Crippen molar-refractivity contribution in [1.29, 1.82) is 0 Å². The summed E-state index contributed by atoms with van der Waals surface area (Å²) in [5.74, 6) is -1.75. The Kier molecular flexibility index (Phi) is 8.36. The lowest BCUT2D eigenvalue weighted by Crippen LogP contribution is -2.25. The van der Waals surface area contributed by atoms with Gasteiger partial charge in [-0.05, 0) is 56.9 Å². The molecule has 36 heavy (non-hydrogen) atoms. The van der Waals surface area contributed by atoms with Crippen LogP contribution in [0.5, 0.6) is 0 Å². The van der Waals surface area contributed by atoms with E-state index in [0.29, 0.717) is 24.1 Å². The van der Waals surface area contributed by atoms with E-state index in [1.165, 1.54) is 24.5 Å². The highest BCUT2D eigenvalue weighted by atomic mass is 35.5. The van der Waals surface area contributed by atoms with Crippen molar-refractivity contribution in [3.05, 3.63) is 64.7 Å². The minimum absolute atomic E-state index is 0.0440. The van der Waals surface area contributed by atoms with Gasteiger partial charge in [0.2, 0.25) is 5.95 Å². The van der Waals surface area contributed by atoms with Crippen LogP contribution in [0.3, 0.4) is 0 Å². The fraction of sp³-hybridized carbons (Fsp3) is 0.292. The molecule has 3 rings (SSSR count). The smallest absolute Gasteiger partial charge is 0.372 e. The van der Waals surface area contributed by atoms with Crippen LogP contribution in [-0.4, -0.2) is 55.0 Å². The molecular formula is C24H25ClF4N6O. The number of rotatable bonds is 8. The maximum absolute atomic E-state index is 14.6. The first-order valence-electron chi connectivity index (χ1n) is 10.8. The van der Waals surface area contributed by atoms with Crippen molar-refractivity contribution < 1.29 is 22.4 Å². The first-order valence-corrected chi connectivity index (χ1v) is 11.2. The molecule has 0 radical (unpaired) electrons. The van der Waals surface area contributed by atoms with E-state index < -0.39 is 23.5 Å². The van der Waals surface area contributed by atoms with E-state index in [0.717, 1.165) is 24.7 Å². The van der Waals surface area contributed by atoms with E-state index in [-0.39, 0.29) is 27.9 Å². The van der Waals surface area contributed by atoms with Gasteiger partial charge < -0.3 is 20.9 Å². The van der Waals surface area contributed by atoms with E-state index in [9.17, 15) is 22.4 Å². The minimum atomic E-state index is -4.70. The maximum Gasteiger partial charge on any atom is 0.416 e. The molecule has 2 aromatic carbocycles.